The maximum absolute atomic E-state index is 11.5. The monoisotopic (exact) mass is 404 g/mol. The smallest absolute Gasteiger partial charge is 0.242 e. The highest BCUT2D eigenvalue weighted by Crippen LogP contribution is 2.25. The molecule has 30 heavy (non-hydrogen) atoms. The van der Waals surface area contributed by atoms with Crippen molar-refractivity contribution in [3.05, 3.63) is 107 Å². The summed E-state index contributed by atoms with van der Waals surface area (Å²) < 4.78 is 0. The molecule has 3 aromatic carbocycles. The molecule has 0 N–H and O–H groups in total. The van der Waals surface area contributed by atoms with Gasteiger partial charge < -0.3 is 0 Å². The van der Waals surface area contributed by atoms with Crippen molar-refractivity contribution < 1.29 is 19.4 Å². The molecule has 0 heterocycles. The van der Waals surface area contributed by atoms with Crippen molar-refractivity contribution in [2.24, 2.45) is 0 Å². The first-order chi connectivity index (χ1) is 14.4. The van der Waals surface area contributed by atoms with E-state index in [1.54, 1.807) is 60.7 Å². The van der Waals surface area contributed by atoms with Gasteiger partial charge in [-0.1, -0.05) is 88.4 Å². The lowest BCUT2D eigenvalue weighted by atomic mass is 9.91. The molecule has 0 saturated carbocycles. The SMILES string of the molecule is CC(C)c1ccccc1C(C)C.O=C(OOC(=O)c1ccccc1)c1ccccc1. The molecular weight excluding hydrogens is 376 g/mol. The second-order valence-corrected chi connectivity index (χ2v) is 7.41. The van der Waals surface area contributed by atoms with Crippen LogP contribution in [0.5, 0.6) is 0 Å². The van der Waals surface area contributed by atoms with Crippen molar-refractivity contribution in [3.8, 4) is 0 Å². The van der Waals surface area contributed by atoms with Gasteiger partial charge in [0.25, 0.3) is 0 Å². The van der Waals surface area contributed by atoms with Gasteiger partial charge in [-0.15, -0.1) is 0 Å². The highest BCUT2D eigenvalue weighted by Gasteiger charge is 2.13. The van der Waals surface area contributed by atoms with Crippen LogP contribution in [0.2, 0.25) is 0 Å². The van der Waals surface area contributed by atoms with Crippen LogP contribution in [0, 0.1) is 0 Å². The second-order valence-electron chi connectivity index (χ2n) is 7.41. The van der Waals surface area contributed by atoms with Gasteiger partial charge in [-0.25, -0.2) is 19.4 Å². The van der Waals surface area contributed by atoms with Crippen molar-refractivity contribution in [1.29, 1.82) is 0 Å². The fraction of sp³-hybridized carbons (Fsp3) is 0.231. The molecule has 3 aromatic rings. The highest BCUT2D eigenvalue weighted by atomic mass is 17.2. The second kappa shape index (κ2) is 11.6. The quantitative estimate of drug-likeness (QED) is 0.365. The van der Waals surface area contributed by atoms with Gasteiger partial charge in [0.05, 0.1) is 11.1 Å². The van der Waals surface area contributed by atoms with Gasteiger partial charge in [-0.2, -0.15) is 0 Å². The summed E-state index contributed by atoms with van der Waals surface area (Å²) in [6, 6.07) is 25.3. The van der Waals surface area contributed by atoms with E-state index in [1.165, 1.54) is 11.1 Å². The number of hydrogen-bond acceptors (Lipinski definition) is 4. The largest absolute Gasteiger partial charge is 0.386 e. The van der Waals surface area contributed by atoms with Gasteiger partial charge in [-0.05, 0) is 47.2 Å². The summed E-state index contributed by atoms with van der Waals surface area (Å²) in [5.74, 6) is -0.132. The van der Waals surface area contributed by atoms with E-state index in [4.69, 9.17) is 0 Å². The van der Waals surface area contributed by atoms with Crippen molar-refractivity contribution >= 4 is 11.9 Å². The lowest BCUT2D eigenvalue weighted by molar-refractivity contribution is -0.187. The Bertz CT molecular complexity index is 853. The first-order valence-electron chi connectivity index (χ1n) is 10.0. The molecule has 0 amide bonds. The van der Waals surface area contributed by atoms with Gasteiger partial charge in [0.15, 0.2) is 0 Å². The molecule has 0 aliphatic rings. The predicted molar refractivity (Wildman–Crippen MR) is 118 cm³/mol. The fourth-order valence-electron chi connectivity index (χ4n) is 2.88. The average Bonchev–Trinajstić information content (AvgIpc) is 2.78. The van der Waals surface area contributed by atoms with Crippen LogP contribution in [0.15, 0.2) is 84.9 Å². The van der Waals surface area contributed by atoms with Gasteiger partial charge in [0.1, 0.15) is 0 Å². The van der Waals surface area contributed by atoms with Crippen molar-refractivity contribution in [3.63, 3.8) is 0 Å². The number of carbonyl (C=O) groups excluding carboxylic acids is 2. The van der Waals surface area contributed by atoms with Crippen molar-refractivity contribution in [1.82, 2.24) is 0 Å². The Hall–Kier alpha value is -3.40. The van der Waals surface area contributed by atoms with E-state index in [-0.39, 0.29) is 0 Å². The molecule has 4 heteroatoms. The molecule has 3 rings (SSSR count). The van der Waals surface area contributed by atoms with E-state index < -0.39 is 11.9 Å². The number of hydrogen-bond donors (Lipinski definition) is 0. The molecule has 0 fully saturated rings. The van der Waals surface area contributed by atoms with Crippen LogP contribution in [-0.4, -0.2) is 11.9 Å². The predicted octanol–water partition coefficient (Wildman–Crippen LogP) is 6.55. The molecule has 0 aromatic heterocycles. The summed E-state index contributed by atoms with van der Waals surface area (Å²) in [4.78, 5) is 31.9. The summed E-state index contributed by atoms with van der Waals surface area (Å²) in [6.45, 7) is 9.00. The van der Waals surface area contributed by atoms with Crippen LogP contribution >= 0.6 is 0 Å². The third-order valence-corrected chi connectivity index (χ3v) is 4.45. The van der Waals surface area contributed by atoms with E-state index in [0.717, 1.165) is 0 Å². The van der Waals surface area contributed by atoms with Crippen LogP contribution in [-0.2, 0) is 9.78 Å². The van der Waals surface area contributed by atoms with Crippen LogP contribution < -0.4 is 0 Å². The molecule has 0 radical (unpaired) electrons. The van der Waals surface area contributed by atoms with Gasteiger partial charge >= 0.3 is 11.9 Å². The Morgan fingerprint density at radius 2 is 0.833 bits per heavy atom. The average molecular weight is 405 g/mol. The van der Waals surface area contributed by atoms with E-state index in [0.29, 0.717) is 23.0 Å². The summed E-state index contributed by atoms with van der Waals surface area (Å²) >= 11 is 0. The van der Waals surface area contributed by atoms with E-state index in [9.17, 15) is 9.59 Å². The molecule has 0 saturated heterocycles. The Morgan fingerprint density at radius 3 is 1.13 bits per heavy atom. The van der Waals surface area contributed by atoms with Gasteiger partial charge in [-0.3, -0.25) is 0 Å². The molecule has 0 atom stereocenters. The van der Waals surface area contributed by atoms with Crippen molar-refractivity contribution in [2.75, 3.05) is 0 Å². The molecule has 0 aliphatic carbocycles. The third kappa shape index (κ3) is 6.89. The summed E-state index contributed by atoms with van der Waals surface area (Å²) in [5.41, 5.74) is 3.62. The molecule has 0 bridgehead atoms. The standard InChI is InChI=1S/C14H10O4.C12H18/c15-13(11-7-3-1-4-8-11)17-18-14(16)12-9-5-2-6-10-12;1-9(2)11-7-5-6-8-12(11)10(3)4/h1-10H;5-10H,1-4H3. The fourth-order valence-corrected chi connectivity index (χ4v) is 2.88. The van der Waals surface area contributed by atoms with Gasteiger partial charge in [0.2, 0.25) is 0 Å². The van der Waals surface area contributed by atoms with Crippen LogP contribution in [0.1, 0.15) is 71.4 Å². The lowest BCUT2D eigenvalue weighted by Gasteiger charge is -2.14. The number of carbonyl (C=O) groups is 2. The Kier molecular flexibility index (Phi) is 8.82. The molecule has 0 spiro atoms. The maximum Gasteiger partial charge on any atom is 0.386 e. The Morgan fingerprint density at radius 1 is 0.533 bits per heavy atom. The Labute approximate surface area is 178 Å². The van der Waals surface area contributed by atoms with Crippen LogP contribution in [0.3, 0.4) is 0 Å². The van der Waals surface area contributed by atoms with Gasteiger partial charge in [0, 0.05) is 0 Å². The summed E-state index contributed by atoms with van der Waals surface area (Å²) in [7, 11) is 0. The zero-order valence-electron chi connectivity index (χ0n) is 17.9. The number of benzene rings is 3. The zero-order chi connectivity index (χ0) is 21.9. The molecular formula is C26H28O4. The molecule has 0 aliphatic heterocycles. The minimum atomic E-state index is -0.708. The first-order valence-corrected chi connectivity index (χ1v) is 10.0. The minimum Gasteiger partial charge on any atom is -0.242 e. The van der Waals surface area contributed by atoms with E-state index >= 15 is 0 Å². The summed E-state index contributed by atoms with van der Waals surface area (Å²) in [6.07, 6.45) is 0. The normalized spacial score (nSPS) is 10.2. The lowest BCUT2D eigenvalue weighted by Crippen LogP contribution is -2.11. The summed E-state index contributed by atoms with van der Waals surface area (Å²) in [5, 5.41) is 0. The topological polar surface area (TPSA) is 52.6 Å². The Balaban J connectivity index is 0.000000232. The third-order valence-electron chi connectivity index (χ3n) is 4.45. The van der Waals surface area contributed by atoms with Crippen molar-refractivity contribution in [2.45, 2.75) is 39.5 Å². The first kappa shape index (κ1) is 22.9. The zero-order valence-corrected chi connectivity index (χ0v) is 17.9. The van der Waals surface area contributed by atoms with Crippen LogP contribution in [0.25, 0.3) is 0 Å². The minimum absolute atomic E-state index is 0.318. The van der Waals surface area contributed by atoms with E-state index in [1.807, 2.05) is 0 Å². The molecule has 156 valence electrons. The molecule has 4 nitrogen and oxygen atoms in total. The number of rotatable bonds is 4. The maximum atomic E-state index is 11.5. The van der Waals surface area contributed by atoms with Crippen LogP contribution in [0.4, 0.5) is 0 Å². The van der Waals surface area contributed by atoms with E-state index in [2.05, 4.69) is 61.7 Å². The molecule has 0 unspecified atom stereocenters. The highest BCUT2D eigenvalue weighted by molar-refractivity contribution is 5.92.